The fraction of sp³-hybridized carbons (Fsp3) is 0.353. The zero-order valence-electron chi connectivity index (χ0n) is 12.9. The van der Waals surface area contributed by atoms with Gasteiger partial charge in [-0.15, -0.1) is 0 Å². The Morgan fingerprint density at radius 1 is 1.19 bits per heavy atom. The van der Waals surface area contributed by atoms with Crippen molar-refractivity contribution < 1.29 is 4.74 Å². The first-order chi connectivity index (χ1) is 9.95. The number of aryl methyl sites for hydroxylation is 2. The van der Waals surface area contributed by atoms with Crippen molar-refractivity contribution in [2.45, 2.75) is 40.3 Å². The standard InChI is InChI=1S/C17H21ClN2O/c1-11(2)19-9-14-7-13(4)17(20-10-14)21-15-5-6-16(18)12(3)8-15/h5-8,10-11,19H,9H2,1-4H3. The van der Waals surface area contributed by atoms with Gasteiger partial charge in [-0.25, -0.2) is 4.98 Å². The molecule has 21 heavy (non-hydrogen) atoms. The van der Waals surface area contributed by atoms with Crippen LogP contribution in [0, 0.1) is 13.8 Å². The Hall–Kier alpha value is -1.58. The van der Waals surface area contributed by atoms with E-state index in [-0.39, 0.29) is 0 Å². The molecule has 1 aromatic carbocycles. The molecule has 0 saturated heterocycles. The topological polar surface area (TPSA) is 34.1 Å². The van der Waals surface area contributed by atoms with Crippen LogP contribution >= 0.6 is 11.6 Å². The van der Waals surface area contributed by atoms with Gasteiger partial charge in [-0.1, -0.05) is 25.4 Å². The Balaban J connectivity index is 2.11. The minimum absolute atomic E-state index is 0.457. The Kier molecular flexibility index (Phi) is 5.21. The average molecular weight is 305 g/mol. The van der Waals surface area contributed by atoms with E-state index in [1.54, 1.807) is 0 Å². The molecule has 0 atom stereocenters. The third-order valence-electron chi connectivity index (χ3n) is 3.15. The monoisotopic (exact) mass is 304 g/mol. The molecule has 0 saturated carbocycles. The summed E-state index contributed by atoms with van der Waals surface area (Å²) in [7, 11) is 0. The van der Waals surface area contributed by atoms with Crippen molar-refractivity contribution in [2.75, 3.05) is 0 Å². The third-order valence-corrected chi connectivity index (χ3v) is 3.57. The molecule has 3 nitrogen and oxygen atoms in total. The van der Waals surface area contributed by atoms with Gasteiger partial charge in [0.1, 0.15) is 5.75 Å². The van der Waals surface area contributed by atoms with Crippen LogP contribution in [0.15, 0.2) is 30.5 Å². The summed E-state index contributed by atoms with van der Waals surface area (Å²) in [5.74, 6) is 1.38. The first-order valence-electron chi connectivity index (χ1n) is 7.08. The van der Waals surface area contributed by atoms with Crippen LogP contribution < -0.4 is 10.1 Å². The number of nitrogens with one attached hydrogen (secondary N) is 1. The molecule has 0 aliphatic carbocycles. The second kappa shape index (κ2) is 6.92. The molecule has 1 aromatic heterocycles. The number of nitrogens with zero attached hydrogens (tertiary/aromatic N) is 1. The molecule has 4 heteroatoms. The molecule has 0 spiro atoms. The Morgan fingerprint density at radius 2 is 1.95 bits per heavy atom. The molecule has 1 N–H and O–H groups in total. The number of aromatic nitrogens is 1. The van der Waals surface area contributed by atoms with Gasteiger partial charge in [-0.3, -0.25) is 0 Å². The van der Waals surface area contributed by atoms with Crippen LogP contribution in [-0.2, 0) is 6.54 Å². The number of hydrogen-bond acceptors (Lipinski definition) is 3. The van der Waals surface area contributed by atoms with Crippen molar-refractivity contribution in [3.63, 3.8) is 0 Å². The summed E-state index contributed by atoms with van der Waals surface area (Å²) >= 11 is 6.02. The molecule has 0 bridgehead atoms. The van der Waals surface area contributed by atoms with Crippen molar-refractivity contribution in [2.24, 2.45) is 0 Å². The van der Waals surface area contributed by atoms with Crippen molar-refractivity contribution in [1.82, 2.24) is 10.3 Å². The summed E-state index contributed by atoms with van der Waals surface area (Å²) in [4.78, 5) is 4.41. The highest BCUT2D eigenvalue weighted by Crippen LogP contribution is 2.26. The lowest BCUT2D eigenvalue weighted by Gasteiger charge is -2.11. The number of halogens is 1. The molecule has 112 valence electrons. The van der Waals surface area contributed by atoms with Crippen LogP contribution in [0.2, 0.25) is 5.02 Å². The molecule has 1 heterocycles. The van der Waals surface area contributed by atoms with Gasteiger partial charge in [0.05, 0.1) is 0 Å². The third kappa shape index (κ3) is 4.45. The highest BCUT2D eigenvalue weighted by molar-refractivity contribution is 6.31. The quantitative estimate of drug-likeness (QED) is 0.873. The SMILES string of the molecule is Cc1cc(Oc2ncc(CNC(C)C)cc2C)ccc1Cl. The molecular formula is C17H21ClN2O. The van der Waals surface area contributed by atoms with Crippen LogP contribution in [0.3, 0.4) is 0 Å². The van der Waals surface area contributed by atoms with Gasteiger partial charge in [-0.05, 0) is 49.2 Å². The summed E-state index contributed by atoms with van der Waals surface area (Å²) < 4.78 is 5.84. The zero-order chi connectivity index (χ0) is 15.4. The highest BCUT2D eigenvalue weighted by Gasteiger charge is 2.06. The number of hydrogen-bond donors (Lipinski definition) is 1. The van der Waals surface area contributed by atoms with Gasteiger partial charge in [0.15, 0.2) is 0 Å². The number of ether oxygens (including phenoxy) is 1. The van der Waals surface area contributed by atoms with E-state index in [2.05, 4.69) is 30.2 Å². The second-order valence-corrected chi connectivity index (χ2v) is 5.92. The van der Waals surface area contributed by atoms with Crippen molar-refractivity contribution in [1.29, 1.82) is 0 Å². The molecule has 0 aliphatic heterocycles. The van der Waals surface area contributed by atoms with E-state index >= 15 is 0 Å². The van der Waals surface area contributed by atoms with Gasteiger partial charge in [0.25, 0.3) is 0 Å². The maximum absolute atomic E-state index is 6.02. The van der Waals surface area contributed by atoms with E-state index in [1.165, 1.54) is 0 Å². The number of benzene rings is 1. The van der Waals surface area contributed by atoms with E-state index in [0.29, 0.717) is 11.9 Å². The van der Waals surface area contributed by atoms with Gasteiger partial charge in [-0.2, -0.15) is 0 Å². The molecule has 0 radical (unpaired) electrons. The summed E-state index contributed by atoms with van der Waals surface area (Å²) in [6, 6.07) is 8.16. The molecule has 0 amide bonds. The van der Waals surface area contributed by atoms with Crippen molar-refractivity contribution in [3.05, 3.63) is 52.2 Å². The average Bonchev–Trinajstić information content (AvgIpc) is 2.43. The van der Waals surface area contributed by atoms with Gasteiger partial charge < -0.3 is 10.1 Å². The Bertz CT molecular complexity index is 626. The molecular weight excluding hydrogens is 284 g/mol. The smallest absolute Gasteiger partial charge is 0.222 e. The van der Waals surface area contributed by atoms with E-state index in [0.717, 1.165) is 34.0 Å². The van der Waals surface area contributed by atoms with E-state index in [1.807, 2.05) is 38.2 Å². The Morgan fingerprint density at radius 3 is 2.57 bits per heavy atom. The lowest BCUT2D eigenvalue weighted by molar-refractivity contribution is 0.457. The molecule has 0 unspecified atom stereocenters. The summed E-state index contributed by atoms with van der Waals surface area (Å²) in [5, 5.41) is 4.11. The van der Waals surface area contributed by atoms with E-state index in [9.17, 15) is 0 Å². The molecule has 2 rings (SSSR count). The molecule has 0 aliphatic rings. The number of rotatable bonds is 5. The maximum Gasteiger partial charge on any atom is 0.222 e. The van der Waals surface area contributed by atoms with E-state index < -0.39 is 0 Å². The first kappa shape index (κ1) is 15.8. The summed E-state index contributed by atoms with van der Waals surface area (Å²) in [5.41, 5.74) is 3.16. The van der Waals surface area contributed by atoms with Gasteiger partial charge >= 0.3 is 0 Å². The zero-order valence-corrected chi connectivity index (χ0v) is 13.7. The van der Waals surface area contributed by atoms with Crippen molar-refractivity contribution in [3.8, 4) is 11.6 Å². The van der Waals surface area contributed by atoms with Crippen LogP contribution in [0.1, 0.15) is 30.5 Å². The van der Waals surface area contributed by atoms with Crippen molar-refractivity contribution >= 4 is 11.6 Å². The van der Waals surface area contributed by atoms with Crippen LogP contribution in [-0.4, -0.2) is 11.0 Å². The number of pyridine rings is 1. The lowest BCUT2D eigenvalue weighted by Crippen LogP contribution is -2.21. The predicted molar refractivity (Wildman–Crippen MR) is 87.2 cm³/mol. The lowest BCUT2D eigenvalue weighted by atomic mass is 10.2. The summed E-state index contributed by atoms with van der Waals surface area (Å²) in [6.07, 6.45) is 1.85. The van der Waals surface area contributed by atoms with Gasteiger partial charge in [0.2, 0.25) is 5.88 Å². The molecule has 2 aromatic rings. The van der Waals surface area contributed by atoms with Crippen LogP contribution in [0.25, 0.3) is 0 Å². The predicted octanol–water partition coefficient (Wildman–Crippen LogP) is 4.64. The summed E-state index contributed by atoms with van der Waals surface area (Å²) in [6.45, 7) is 9.02. The highest BCUT2D eigenvalue weighted by atomic mass is 35.5. The largest absolute Gasteiger partial charge is 0.439 e. The van der Waals surface area contributed by atoms with E-state index in [4.69, 9.17) is 16.3 Å². The van der Waals surface area contributed by atoms with Crippen LogP contribution in [0.4, 0.5) is 0 Å². The molecule has 0 fully saturated rings. The fourth-order valence-corrected chi connectivity index (χ4v) is 2.06. The minimum atomic E-state index is 0.457. The fourth-order valence-electron chi connectivity index (χ4n) is 1.94. The maximum atomic E-state index is 6.02. The van der Waals surface area contributed by atoms with Gasteiger partial charge in [0, 0.05) is 29.4 Å². The van der Waals surface area contributed by atoms with Crippen LogP contribution in [0.5, 0.6) is 11.6 Å². The Labute approximate surface area is 131 Å². The second-order valence-electron chi connectivity index (χ2n) is 5.51. The first-order valence-corrected chi connectivity index (χ1v) is 7.46. The minimum Gasteiger partial charge on any atom is -0.439 e. The normalized spacial score (nSPS) is 11.0.